The number of benzene rings is 3. The van der Waals surface area contributed by atoms with Gasteiger partial charge in [-0.3, -0.25) is 0 Å². The Hall–Kier alpha value is -2.09. The zero-order valence-electron chi connectivity index (χ0n) is 28.0. The lowest BCUT2D eigenvalue weighted by Gasteiger charge is -2.44. The van der Waals surface area contributed by atoms with E-state index in [4.69, 9.17) is 8.37 Å². The van der Waals surface area contributed by atoms with Crippen molar-refractivity contribution in [1.29, 1.82) is 0 Å². The summed E-state index contributed by atoms with van der Waals surface area (Å²) >= 11 is 2.31. The van der Waals surface area contributed by atoms with Crippen LogP contribution in [-0.2, 0) is 34.1 Å². The molecule has 11 heteroatoms. The van der Waals surface area contributed by atoms with Gasteiger partial charge in [-0.1, -0.05) is 126 Å². The molecule has 0 saturated carbocycles. The second kappa shape index (κ2) is 16.1. The Morgan fingerprint density at radius 1 is 0.702 bits per heavy atom. The van der Waals surface area contributed by atoms with Crippen LogP contribution < -0.4 is 0 Å². The molecule has 0 aromatic heterocycles. The van der Waals surface area contributed by atoms with Crippen LogP contribution in [0.5, 0.6) is 0 Å². The molecular formula is C36H46F3IO5S2. The van der Waals surface area contributed by atoms with E-state index in [0.717, 1.165) is 42.2 Å². The number of rotatable bonds is 15. The number of esters is 1. The monoisotopic (exact) mass is 806 g/mol. The van der Waals surface area contributed by atoms with Gasteiger partial charge in [-0.05, 0) is 85.9 Å². The Morgan fingerprint density at radius 2 is 1.15 bits per heavy atom. The lowest BCUT2D eigenvalue weighted by molar-refractivity contribution is -0.161. The van der Waals surface area contributed by atoms with Crippen LogP contribution in [0.3, 0.4) is 0 Å². The van der Waals surface area contributed by atoms with Gasteiger partial charge in [-0.25, -0.2) is 12.8 Å². The van der Waals surface area contributed by atoms with Crippen LogP contribution >= 0.6 is 32.9 Å². The normalized spacial score (nSPS) is 13.4. The molecule has 0 spiro atoms. The molecule has 3 aromatic rings. The Labute approximate surface area is 293 Å². The topological polar surface area (TPSA) is 69.7 Å². The number of halogens is 4. The summed E-state index contributed by atoms with van der Waals surface area (Å²) in [4.78, 5) is 13.7. The summed E-state index contributed by atoms with van der Waals surface area (Å²) in [6, 6.07) is 18.8. The first-order valence-corrected chi connectivity index (χ1v) is 20.2. The van der Waals surface area contributed by atoms with Crippen molar-refractivity contribution in [3.05, 3.63) is 89.7 Å². The number of unbranched alkanes of at least 4 members (excludes halogenated alkanes) is 5. The summed E-state index contributed by atoms with van der Waals surface area (Å²) in [7, 11) is -9.65. The molecule has 0 N–H and O–H groups in total. The van der Waals surface area contributed by atoms with Crippen LogP contribution in [0.2, 0.25) is 0 Å². The second-order valence-corrected chi connectivity index (χ2v) is 19.0. The third kappa shape index (κ3) is 9.33. The smallest absolute Gasteiger partial charge is 0.460 e. The van der Waals surface area contributed by atoms with Gasteiger partial charge in [0.15, 0.2) is 0 Å². The molecule has 0 saturated heterocycles. The Bertz CT molecular complexity index is 1540. The van der Waals surface area contributed by atoms with Gasteiger partial charge in [-0.15, -0.1) is 0 Å². The summed E-state index contributed by atoms with van der Waals surface area (Å²) < 4.78 is 85.8. The van der Waals surface area contributed by atoms with Crippen molar-refractivity contribution in [2.45, 2.75) is 111 Å². The summed E-state index contributed by atoms with van der Waals surface area (Å²) in [5.74, 6) is -2.79. The third-order valence-corrected chi connectivity index (χ3v) is 13.6. The summed E-state index contributed by atoms with van der Waals surface area (Å²) in [5.41, 5.74) is 0.0808. The first-order chi connectivity index (χ1) is 21.9. The maximum absolute atomic E-state index is 15.9. The van der Waals surface area contributed by atoms with E-state index in [2.05, 4.69) is 22.6 Å². The lowest BCUT2D eigenvalue weighted by atomic mass is 9.87. The second-order valence-electron chi connectivity index (χ2n) is 13.5. The van der Waals surface area contributed by atoms with Crippen LogP contribution in [-0.4, -0.2) is 30.7 Å². The molecule has 0 aliphatic rings. The molecule has 0 aliphatic carbocycles. The van der Waals surface area contributed by atoms with Gasteiger partial charge in [0.05, 0.1) is 6.61 Å². The predicted octanol–water partition coefficient (Wildman–Crippen LogP) is 10.9. The standard InChI is InChI=1S/C36H46F3IO5S2/c1-34(2,3)29-17-11-13-19-31(29)46(28-23-21-27(37)22-24-28,32-20-14-12-18-30(32)35(4,5)6)45-47(42,43)36(38,39)33(41)44-26-16-10-8-7-9-15-25-40/h11-14,17-24H,7-10,15-16,25-26H2,1-6H3. The van der Waals surface area contributed by atoms with E-state index in [0.29, 0.717) is 33.8 Å². The minimum absolute atomic E-state index is 0.169. The van der Waals surface area contributed by atoms with Gasteiger partial charge in [-0.2, -0.15) is 17.2 Å². The molecule has 0 bridgehead atoms. The molecule has 0 amide bonds. The molecule has 0 radical (unpaired) electrons. The molecule has 3 aromatic carbocycles. The number of hydrogen-bond acceptors (Lipinski definition) is 5. The van der Waals surface area contributed by atoms with Crippen molar-refractivity contribution < 1.29 is 34.7 Å². The Balaban J connectivity index is 2.23. The van der Waals surface area contributed by atoms with Gasteiger partial charge in [0, 0.05) is 14.7 Å². The van der Waals surface area contributed by atoms with Crippen LogP contribution in [0.25, 0.3) is 0 Å². The van der Waals surface area contributed by atoms with Crippen LogP contribution in [0.4, 0.5) is 13.2 Å². The number of carbonyl (C=O) groups excluding carboxylic acids is 1. The van der Waals surface area contributed by atoms with Crippen molar-refractivity contribution >= 4 is 49.0 Å². The van der Waals surface area contributed by atoms with E-state index < -0.39 is 48.3 Å². The molecule has 3 rings (SSSR count). The average molecular weight is 807 g/mol. The Kier molecular flexibility index (Phi) is 13.5. The van der Waals surface area contributed by atoms with Crippen LogP contribution in [0.1, 0.15) is 91.2 Å². The van der Waals surface area contributed by atoms with Crippen molar-refractivity contribution in [3.8, 4) is 0 Å². The van der Waals surface area contributed by atoms with Crippen molar-refractivity contribution in [2.75, 3.05) is 11.0 Å². The number of hydrogen-bond donors (Lipinski definition) is 0. The third-order valence-electron chi connectivity index (χ3n) is 7.66. The number of ether oxygens (including phenoxy) is 1. The molecule has 5 nitrogen and oxygen atoms in total. The number of carbonyl (C=O) groups is 1. The number of alkyl halides is 3. The SMILES string of the molecule is CC(C)(C)c1ccccc1S(OS(=O)(=O)C(F)(F)C(=O)OCCCCCCCCI)(c1ccc(F)cc1)c1ccccc1C(C)(C)C. The Morgan fingerprint density at radius 3 is 1.62 bits per heavy atom. The van der Waals surface area contributed by atoms with E-state index in [1.165, 1.54) is 12.1 Å². The van der Waals surface area contributed by atoms with Crippen LogP contribution in [0, 0.1) is 5.82 Å². The predicted molar refractivity (Wildman–Crippen MR) is 192 cm³/mol. The highest BCUT2D eigenvalue weighted by atomic mass is 127. The molecule has 0 heterocycles. The fourth-order valence-electron chi connectivity index (χ4n) is 5.22. The molecule has 0 aliphatic heterocycles. The lowest BCUT2D eigenvalue weighted by Crippen LogP contribution is -2.41. The van der Waals surface area contributed by atoms with Gasteiger partial charge in [0.25, 0.3) is 0 Å². The quantitative estimate of drug-likeness (QED) is 0.0662. The molecule has 0 unspecified atom stereocenters. The molecule has 260 valence electrons. The van der Waals surface area contributed by atoms with Crippen LogP contribution in [0.15, 0.2) is 87.5 Å². The summed E-state index contributed by atoms with van der Waals surface area (Å²) in [6.45, 7) is 11.2. The maximum Gasteiger partial charge on any atom is 0.466 e. The maximum atomic E-state index is 15.9. The fourth-order valence-corrected chi connectivity index (χ4v) is 11.5. The van der Waals surface area contributed by atoms with Crippen molar-refractivity contribution in [1.82, 2.24) is 0 Å². The molecule has 0 fully saturated rings. The molecule has 47 heavy (non-hydrogen) atoms. The largest absolute Gasteiger partial charge is 0.466 e. The highest BCUT2D eigenvalue weighted by Crippen LogP contribution is 2.73. The van der Waals surface area contributed by atoms with Crippen molar-refractivity contribution in [2.24, 2.45) is 0 Å². The first kappa shape index (κ1) is 39.3. The zero-order valence-corrected chi connectivity index (χ0v) is 31.7. The van der Waals surface area contributed by atoms with E-state index >= 15 is 8.78 Å². The first-order valence-electron chi connectivity index (χ1n) is 15.7. The van der Waals surface area contributed by atoms with Gasteiger partial charge >= 0.3 is 21.3 Å². The minimum Gasteiger partial charge on any atom is -0.460 e. The summed E-state index contributed by atoms with van der Waals surface area (Å²) in [6.07, 6.45) is 4.99. The van der Waals surface area contributed by atoms with Gasteiger partial charge < -0.3 is 4.74 Å². The van der Waals surface area contributed by atoms with E-state index in [1.807, 2.05) is 41.5 Å². The highest BCUT2D eigenvalue weighted by molar-refractivity contribution is 14.1. The van der Waals surface area contributed by atoms with Crippen molar-refractivity contribution in [3.63, 3.8) is 0 Å². The fraction of sp³-hybridized carbons (Fsp3) is 0.472. The van der Waals surface area contributed by atoms with E-state index in [1.54, 1.807) is 48.5 Å². The summed E-state index contributed by atoms with van der Waals surface area (Å²) in [5, 5.41) is -5.03. The highest BCUT2D eigenvalue weighted by Gasteiger charge is 2.59. The zero-order chi connectivity index (χ0) is 35.1. The average Bonchev–Trinajstić information content (AvgIpc) is 3.00. The molecule has 0 atom stereocenters. The minimum atomic E-state index is -6.02. The van der Waals surface area contributed by atoms with Gasteiger partial charge in [0.1, 0.15) is 5.82 Å². The van der Waals surface area contributed by atoms with Gasteiger partial charge in [0.2, 0.25) is 0 Å². The van der Waals surface area contributed by atoms with E-state index in [9.17, 15) is 17.6 Å². The molecular weight excluding hydrogens is 760 g/mol. The van der Waals surface area contributed by atoms with E-state index in [-0.39, 0.29) is 11.5 Å².